The number of hydrogen-bond acceptors (Lipinski definition) is 5. The summed E-state index contributed by atoms with van der Waals surface area (Å²) in [5.74, 6) is -0.0849. The minimum Gasteiger partial charge on any atom is -0.484 e. The van der Waals surface area contributed by atoms with E-state index in [1.54, 1.807) is 24.3 Å². The van der Waals surface area contributed by atoms with Gasteiger partial charge in [-0.2, -0.15) is 0 Å². The summed E-state index contributed by atoms with van der Waals surface area (Å²) in [6.45, 7) is 0.0812. The summed E-state index contributed by atoms with van der Waals surface area (Å²) in [5, 5.41) is 9.98. The normalized spacial score (nSPS) is 10.0. The van der Waals surface area contributed by atoms with Gasteiger partial charge >= 0.3 is 5.97 Å². The maximum absolute atomic E-state index is 11.6. The van der Waals surface area contributed by atoms with Crippen molar-refractivity contribution < 1.29 is 19.1 Å². The molecule has 0 radical (unpaired) electrons. The van der Waals surface area contributed by atoms with Crippen molar-refractivity contribution in [2.75, 3.05) is 20.3 Å². The average molecular weight is 355 g/mol. The Balaban J connectivity index is 1.84. The molecule has 4 N–H and O–H groups in total. The number of rotatable bonds is 8. The van der Waals surface area contributed by atoms with E-state index in [4.69, 9.17) is 15.9 Å². The van der Waals surface area contributed by atoms with Crippen LogP contribution in [-0.4, -0.2) is 38.0 Å². The van der Waals surface area contributed by atoms with Crippen molar-refractivity contribution in [3.8, 4) is 16.9 Å². The SMILES string of the molecule is COC(=O)CCNC(=O)COc1ccc(-c2ccc(C(=N)N)cc2)cc1. The Morgan fingerprint density at radius 1 is 1.04 bits per heavy atom. The lowest BCUT2D eigenvalue weighted by molar-refractivity contribution is -0.140. The highest BCUT2D eigenvalue weighted by molar-refractivity contribution is 5.95. The van der Waals surface area contributed by atoms with Crippen LogP contribution < -0.4 is 15.8 Å². The van der Waals surface area contributed by atoms with E-state index >= 15 is 0 Å². The molecule has 0 aliphatic rings. The van der Waals surface area contributed by atoms with E-state index in [9.17, 15) is 9.59 Å². The lowest BCUT2D eigenvalue weighted by Crippen LogP contribution is -2.30. The lowest BCUT2D eigenvalue weighted by atomic mass is 10.0. The number of ether oxygens (including phenoxy) is 2. The Morgan fingerprint density at radius 2 is 1.62 bits per heavy atom. The number of nitrogen functional groups attached to an aromatic ring is 1. The molecule has 26 heavy (non-hydrogen) atoms. The minimum atomic E-state index is -0.377. The second kappa shape index (κ2) is 9.22. The predicted octanol–water partition coefficient (Wildman–Crippen LogP) is 1.70. The molecule has 0 unspecified atom stereocenters. The first-order valence-corrected chi connectivity index (χ1v) is 8.01. The molecule has 0 saturated carbocycles. The molecular formula is C19H21N3O4. The third-order valence-corrected chi connectivity index (χ3v) is 3.63. The molecule has 0 bridgehead atoms. The highest BCUT2D eigenvalue weighted by atomic mass is 16.5. The topological polar surface area (TPSA) is 114 Å². The Labute approximate surface area is 151 Å². The molecule has 0 aliphatic heterocycles. The lowest BCUT2D eigenvalue weighted by Gasteiger charge is -2.08. The summed E-state index contributed by atoms with van der Waals surface area (Å²) >= 11 is 0. The molecule has 2 rings (SSSR count). The molecule has 0 heterocycles. The molecule has 7 nitrogen and oxygen atoms in total. The van der Waals surface area contributed by atoms with Crippen molar-refractivity contribution in [2.45, 2.75) is 6.42 Å². The Morgan fingerprint density at radius 3 is 2.15 bits per heavy atom. The van der Waals surface area contributed by atoms with E-state index in [-0.39, 0.29) is 37.3 Å². The van der Waals surface area contributed by atoms with Gasteiger partial charge in [-0.15, -0.1) is 0 Å². The number of hydrogen-bond donors (Lipinski definition) is 3. The van der Waals surface area contributed by atoms with Crippen LogP contribution in [0.15, 0.2) is 48.5 Å². The number of amidine groups is 1. The fourth-order valence-electron chi connectivity index (χ4n) is 2.19. The molecule has 136 valence electrons. The third kappa shape index (κ3) is 5.62. The van der Waals surface area contributed by atoms with Crippen LogP contribution in [0.2, 0.25) is 0 Å². The minimum absolute atomic E-state index is 0.0326. The molecule has 2 aromatic carbocycles. The number of methoxy groups -OCH3 is 1. The van der Waals surface area contributed by atoms with Gasteiger partial charge in [-0.1, -0.05) is 36.4 Å². The number of esters is 1. The van der Waals surface area contributed by atoms with Gasteiger partial charge in [-0.25, -0.2) is 0 Å². The molecule has 0 atom stereocenters. The number of carbonyl (C=O) groups excluding carboxylic acids is 2. The number of amides is 1. The van der Waals surface area contributed by atoms with E-state index in [1.165, 1.54) is 7.11 Å². The van der Waals surface area contributed by atoms with Crippen LogP contribution >= 0.6 is 0 Å². The number of carbonyl (C=O) groups is 2. The summed E-state index contributed by atoms with van der Waals surface area (Å²) < 4.78 is 9.91. The number of benzene rings is 2. The molecule has 0 fully saturated rings. The number of nitrogens with one attached hydrogen (secondary N) is 2. The van der Waals surface area contributed by atoms with Gasteiger partial charge in [0.15, 0.2) is 6.61 Å². The van der Waals surface area contributed by atoms with E-state index in [1.807, 2.05) is 24.3 Å². The van der Waals surface area contributed by atoms with Gasteiger partial charge in [-0.3, -0.25) is 15.0 Å². The highest BCUT2D eigenvalue weighted by Gasteiger charge is 2.06. The molecular weight excluding hydrogens is 334 g/mol. The summed E-state index contributed by atoms with van der Waals surface area (Å²) in [4.78, 5) is 22.6. The van der Waals surface area contributed by atoms with Crippen LogP contribution in [0.25, 0.3) is 11.1 Å². The fourth-order valence-corrected chi connectivity index (χ4v) is 2.19. The van der Waals surface area contributed by atoms with E-state index in [2.05, 4.69) is 10.1 Å². The first kappa shape index (κ1) is 19.0. The zero-order valence-electron chi connectivity index (χ0n) is 14.5. The Kier molecular flexibility index (Phi) is 6.73. The molecule has 2 aromatic rings. The van der Waals surface area contributed by atoms with E-state index < -0.39 is 0 Å². The Hall–Kier alpha value is -3.35. The van der Waals surface area contributed by atoms with Gasteiger partial charge in [0.05, 0.1) is 13.5 Å². The summed E-state index contributed by atoms with van der Waals surface area (Å²) in [7, 11) is 1.30. The zero-order valence-corrected chi connectivity index (χ0v) is 14.5. The van der Waals surface area contributed by atoms with Crippen LogP contribution in [0.5, 0.6) is 5.75 Å². The molecule has 1 amide bonds. The molecule has 0 aliphatic carbocycles. The molecule has 7 heteroatoms. The Bertz CT molecular complexity index is 770. The van der Waals surface area contributed by atoms with Gasteiger partial charge in [0.25, 0.3) is 5.91 Å². The second-order valence-electron chi connectivity index (χ2n) is 5.48. The summed E-state index contributed by atoms with van der Waals surface area (Å²) in [6, 6.07) is 14.7. The maximum atomic E-state index is 11.6. The number of nitrogens with two attached hydrogens (primary N) is 1. The summed E-state index contributed by atoms with van der Waals surface area (Å²) in [6.07, 6.45) is 0.124. The van der Waals surface area contributed by atoms with Crippen molar-refractivity contribution in [3.63, 3.8) is 0 Å². The average Bonchev–Trinajstić information content (AvgIpc) is 2.66. The first-order valence-electron chi connectivity index (χ1n) is 8.01. The van der Waals surface area contributed by atoms with Crippen LogP contribution in [0, 0.1) is 5.41 Å². The first-order chi connectivity index (χ1) is 12.5. The monoisotopic (exact) mass is 355 g/mol. The van der Waals surface area contributed by atoms with Gasteiger partial charge in [0, 0.05) is 12.1 Å². The smallest absolute Gasteiger partial charge is 0.307 e. The van der Waals surface area contributed by atoms with Crippen molar-refractivity contribution in [3.05, 3.63) is 54.1 Å². The molecule has 0 saturated heterocycles. The van der Waals surface area contributed by atoms with Gasteiger partial charge < -0.3 is 20.5 Å². The van der Waals surface area contributed by atoms with Crippen molar-refractivity contribution in [1.29, 1.82) is 5.41 Å². The molecule has 0 spiro atoms. The molecule has 0 aromatic heterocycles. The third-order valence-electron chi connectivity index (χ3n) is 3.63. The predicted molar refractivity (Wildman–Crippen MR) is 98.0 cm³/mol. The van der Waals surface area contributed by atoms with Crippen LogP contribution in [-0.2, 0) is 14.3 Å². The van der Waals surface area contributed by atoms with Crippen LogP contribution in [0.3, 0.4) is 0 Å². The van der Waals surface area contributed by atoms with Gasteiger partial charge in [0.2, 0.25) is 0 Å². The highest BCUT2D eigenvalue weighted by Crippen LogP contribution is 2.22. The van der Waals surface area contributed by atoms with Crippen molar-refractivity contribution in [1.82, 2.24) is 5.32 Å². The second-order valence-corrected chi connectivity index (χ2v) is 5.48. The largest absolute Gasteiger partial charge is 0.484 e. The quantitative estimate of drug-likeness (QED) is 0.379. The maximum Gasteiger partial charge on any atom is 0.307 e. The van der Waals surface area contributed by atoms with Gasteiger partial charge in [-0.05, 0) is 23.3 Å². The van der Waals surface area contributed by atoms with Gasteiger partial charge in [0.1, 0.15) is 11.6 Å². The van der Waals surface area contributed by atoms with Crippen molar-refractivity contribution >= 4 is 17.7 Å². The van der Waals surface area contributed by atoms with Crippen LogP contribution in [0.1, 0.15) is 12.0 Å². The summed E-state index contributed by atoms with van der Waals surface area (Å²) in [5.41, 5.74) is 8.09. The van der Waals surface area contributed by atoms with E-state index in [0.29, 0.717) is 11.3 Å². The standard InChI is InChI=1S/C19H21N3O4/c1-25-18(24)10-11-22-17(23)12-26-16-8-6-14(7-9-16)13-2-4-15(5-3-13)19(20)21/h2-9H,10-12H2,1H3,(H3,20,21)(H,22,23). The van der Waals surface area contributed by atoms with Crippen LogP contribution in [0.4, 0.5) is 0 Å². The fraction of sp³-hybridized carbons (Fsp3) is 0.211. The van der Waals surface area contributed by atoms with E-state index in [0.717, 1.165) is 11.1 Å². The van der Waals surface area contributed by atoms with Crippen molar-refractivity contribution in [2.24, 2.45) is 5.73 Å². The zero-order chi connectivity index (χ0) is 18.9.